The van der Waals surface area contributed by atoms with Gasteiger partial charge in [-0.2, -0.15) is 0 Å². The van der Waals surface area contributed by atoms with E-state index in [-0.39, 0.29) is 25.7 Å². The van der Waals surface area contributed by atoms with Crippen LogP contribution in [0.15, 0.2) is 81.8 Å². The fraction of sp³-hybridized carbons (Fsp3) is 0.312. The minimum absolute atomic E-state index is 0.0879. The third-order valence-corrected chi connectivity index (χ3v) is 7.88. The molecule has 10 heteroatoms. The Bertz CT molecular complexity index is 1190. The van der Waals surface area contributed by atoms with Crippen molar-refractivity contribution in [3.8, 4) is 0 Å². The van der Waals surface area contributed by atoms with E-state index < -0.39 is 34.7 Å². The standard InChI is InChI=1S/C32H34Br2O8/c1-39-27(35)31(28(36)40-2,19-11-17-23-13-7-5-8-14-23)21-25(26(33)34)22-32(29(37)41-3,30(38)42-4)20-12-18-24-15-9-6-10-16-24/h5-18H,19-22H2,1-4H3/b17-11+,18-12+. The van der Waals surface area contributed by atoms with Gasteiger partial charge in [0.25, 0.3) is 0 Å². The molecular formula is C32H34Br2O8. The molecule has 0 N–H and O–H groups in total. The van der Waals surface area contributed by atoms with Crippen molar-refractivity contribution in [3.05, 3.63) is 92.9 Å². The molecule has 2 rings (SSSR count). The molecule has 8 nitrogen and oxygen atoms in total. The van der Waals surface area contributed by atoms with Gasteiger partial charge in [-0.3, -0.25) is 19.2 Å². The van der Waals surface area contributed by atoms with Gasteiger partial charge in [-0.05, 0) is 74.2 Å². The molecule has 0 radical (unpaired) electrons. The van der Waals surface area contributed by atoms with Gasteiger partial charge in [0.05, 0.1) is 31.8 Å². The Labute approximate surface area is 263 Å². The SMILES string of the molecule is COC(=O)C(C/C=C/c1ccccc1)(CC(CC(C/C=C/c1ccccc1)(C(=O)OC)C(=O)OC)=C(Br)Br)C(=O)OC. The predicted molar refractivity (Wildman–Crippen MR) is 167 cm³/mol. The van der Waals surface area contributed by atoms with Crippen LogP contribution in [-0.4, -0.2) is 52.3 Å². The summed E-state index contributed by atoms with van der Waals surface area (Å²) in [6, 6.07) is 18.7. The second kappa shape index (κ2) is 16.8. The molecule has 2 aromatic rings. The molecule has 0 saturated carbocycles. The van der Waals surface area contributed by atoms with E-state index in [4.69, 9.17) is 18.9 Å². The summed E-state index contributed by atoms with van der Waals surface area (Å²) in [7, 11) is 4.70. The topological polar surface area (TPSA) is 105 Å². The van der Waals surface area contributed by atoms with E-state index in [1.165, 1.54) is 28.4 Å². The lowest BCUT2D eigenvalue weighted by Crippen LogP contribution is -2.44. The molecule has 0 bridgehead atoms. The molecule has 0 saturated heterocycles. The number of hydrogen-bond acceptors (Lipinski definition) is 8. The van der Waals surface area contributed by atoms with Crippen LogP contribution in [0, 0.1) is 10.8 Å². The van der Waals surface area contributed by atoms with Crippen molar-refractivity contribution in [2.75, 3.05) is 28.4 Å². The quantitative estimate of drug-likeness (QED) is 0.122. The van der Waals surface area contributed by atoms with Crippen molar-refractivity contribution in [3.63, 3.8) is 0 Å². The number of ether oxygens (including phenoxy) is 4. The van der Waals surface area contributed by atoms with E-state index in [0.717, 1.165) is 11.1 Å². The Morgan fingerprint density at radius 1 is 0.595 bits per heavy atom. The normalized spacial score (nSPS) is 11.7. The van der Waals surface area contributed by atoms with E-state index in [1.807, 2.05) is 60.7 Å². The first-order chi connectivity index (χ1) is 20.1. The maximum Gasteiger partial charge on any atom is 0.323 e. The number of carbonyl (C=O) groups is 4. The zero-order valence-electron chi connectivity index (χ0n) is 23.9. The number of esters is 4. The van der Waals surface area contributed by atoms with E-state index in [0.29, 0.717) is 8.96 Å². The Morgan fingerprint density at radius 2 is 0.905 bits per heavy atom. The van der Waals surface area contributed by atoms with Crippen LogP contribution >= 0.6 is 31.9 Å². The van der Waals surface area contributed by atoms with Crippen LogP contribution in [0.4, 0.5) is 0 Å². The van der Waals surface area contributed by atoms with E-state index in [2.05, 4.69) is 31.9 Å². The summed E-state index contributed by atoms with van der Waals surface area (Å²) < 4.78 is 20.7. The minimum atomic E-state index is -1.84. The molecule has 0 aliphatic carbocycles. The van der Waals surface area contributed by atoms with Crippen LogP contribution < -0.4 is 0 Å². The van der Waals surface area contributed by atoms with Gasteiger partial charge < -0.3 is 18.9 Å². The second-order valence-electron chi connectivity index (χ2n) is 9.38. The maximum atomic E-state index is 13.3. The predicted octanol–water partition coefficient (Wildman–Crippen LogP) is 6.64. The average Bonchev–Trinajstić information content (AvgIpc) is 3.02. The molecule has 0 aliphatic heterocycles. The molecular weight excluding hydrogens is 672 g/mol. The van der Waals surface area contributed by atoms with Crippen LogP contribution in [-0.2, 0) is 38.1 Å². The monoisotopic (exact) mass is 704 g/mol. The number of hydrogen-bond donors (Lipinski definition) is 0. The van der Waals surface area contributed by atoms with Crippen molar-refractivity contribution in [1.29, 1.82) is 0 Å². The Morgan fingerprint density at radius 3 is 1.17 bits per heavy atom. The first-order valence-electron chi connectivity index (χ1n) is 12.9. The number of carbonyl (C=O) groups excluding carboxylic acids is 4. The summed E-state index contributed by atoms with van der Waals surface area (Å²) in [5, 5.41) is 0. The van der Waals surface area contributed by atoms with Gasteiger partial charge in [-0.1, -0.05) is 85.0 Å². The molecule has 2 aromatic carbocycles. The van der Waals surface area contributed by atoms with Crippen molar-refractivity contribution in [1.82, 2.24) is 0 Å². The molecule has 0 aromatic heterocycles. The Hall–Kier alpha value is -3.50. The smallest absolute Gasteiger partial charge is 0.323 e. The van der Waals surface area contributed by atoms with Crippen LogP contribution in [0.1, 0.15) is 36.8 Å². The number of benzene rings is 2. The van der Waals surface area contributed by atoms with Crippen molar-refractivity contribution >= 4 is 67.9 Å². The molecule has 0 amide bonds. The zero-order chi connectivity index (χ0) is 31.2. The lowest BCUT2D eigenvalue weighted by atomic mass is 9.72. The molecule has 224 valence electrons. The second-order valence-corrected chi connectivity index (χ2v) is 12.0. The largest absolute Gasteiger partial charge is 0.468 e. The van der Waals surface area contributed by atoms with E-state index >= 15 is 0 Å². The molecule has 0 spiro atoms. The summed E-state index contributed by atoms with van der Waals surface area (Å²) in [4.78, 5) is 53.2. The number of methoxy groups -OCH3 is 4. The van der Waals surface area contributed by atoms with Gasteiger partial charge >= 0.3 is 23.9 Å². The van der Waals surface area contributed by atoms with Gasteiger partial charge in [0.15, 0.2) is 10.8 Å². The lowest BCUT2D eigenvalue weighted by molar-refractivity contribution is -0.169. The molecule has 0 aliphatic rings. The van der Waals surface area contributed by atoms with E-state index in [9.17, 15) is 19.2 Å². The number of rotatable bonds is 14. The molecule has 0 unspecified atom stereocenters. The van der Waals surface area contributed by atoms with Crippen LogP contribution in [0.5, 0.6) is 0 Å². The highest BCUT2D eigenvalue weighted by atomic mass is 79.9. The van der Waals surface area contributed by atoms with Crippen LogP contribution in [0.25, 0.3) is 12.2 Å². The van der Waals surface area contributed by atoms with Gasteiger partial charge in [0.2, 0.25) is 0 Å². The minimum Gasteiger partial charge on any atom is -0.468 e. The summed E-state index contributed by atoms with van der Waals surface area (Å²) in [6.07, 6.45) is 6.22. The third kappa shape index (κ3) is 8.75. The highest BCUT2D eigenvalue weighted by Gasteiger charge is 2.52. The summed E-state index contributed by atoms with van der Waals surface area (Å²) in [5.41, 5.74) is -1.61. The summed E-state index contributed by atoms with van der Waals surface area (Å²) in [6.45, 7) is 0. The van der Waals surface area contributed by atoms with Gasteiger partial charge in [0.1, 0.15) is 0 Å². The maximum absolute atomic E-state index is 13.3. The third-order valence-electron chi connectivity index (χ3n) is 6.75. The van der Waals surface area contributed by atoms with Gasteiger partial charge in [0, 0.05) is 0 Å². The zero-order valence-corrected chi connectivity index (χ0v) is 27.1. The highest BCUT2D eigenvalue weighted by Crippen LogP contribution is 2.44. The highest BCUT2D eigenvalue weighted by molar-refractivity contribution is 9.28. The van der Waals surface area contributed by atoms with Gasteiger partial charge in [-0.15, -0.1) is 0 Å². The lowest BCUT2D eigenvalue weighted by Gasteiger charge is -2.32. The number of halogens is 2. The van der Waals surface area contributed by atoms with Crippen molar-refractivity contribution in [2.24, 2.45) is 10.8 Å². The van der Waals surface area contributed by atoms with Crippen molar-refractivity contribution in [2.45, 2.75) is 25.7 Å². The first-order valence-corrected chi connectivity index (χ1v) is 14.5. The van der Waals surface area contributed by atoms with Crippen LogP contribution in [0.3, 0.4) is 0 Å². The fourth-order valence-electron chi connectivity index (χ4n) is 4.56. The van der Waals surface area contributed by atoms with E-state index in [1.54, 1.807) is 24.3 Å². The average molecular weight is 706 g/mol. The molecule has 42 heavy (non-hydrogen) atoms. The van der Waals surface area contributed by atoms with Crippen LogP contribution in [0.2, 0.25) is 0 Å². The van der Waals surface area contributed by atoms with Crippen molar-refractivity contribution < 1.29 is 38.1 Å². The summed E-state index contributed by atoms with van der Waals surface area (Å²) >= 11 is 6.78. The summed E-state index contributed by atoms with van der Waals surface area (Å²) in [5.74, 6) is -3.35. The molecule has 0 fully saturated rings. The molecule has 0 heterocycles. The Kier molecular flexibility index (Phi) is 13.9. The van der Waals surface area contributed by atoms with Gasteiger partial charge in [-0.25, -0.2) is 0 Å². The molecule has 0 atom stereocenters. The Balaban J connectivity index is 2.60. The first kappa shape index (κ1) is 34.7. The fourth-order valence-corrected chi connectivity index (χ4v) is 5.12. The number of allylic oxidation sites excluding steroid dienone is 3.